The highest BCUT2D eigenvalue weighted by atomic mass is 16.4. The first-order chi connectivity index (χ1) is 14.1. The quantitative estimate of drug-likeness (QED) is 0.411. The molecule has 0 radical (unpaired) electrons. The molecule has 0 fully saturated rings. The van der Waals surface area contributed by atoms with Crippen molar-refractivity contribution in [2.24, 2.45) is 5.92 Å². The average Bonchev–Trinajstić information content (AvgIpc) is 2.65. The van der Waals surface area contributed by atoms with Gasteiger partial charge >= 0.3 is 18.0 Å². The zero-order valence-electron chi connectivity index (χ0n) is 16.5. The highest BCUT2D eigenvalue weighted by Gasteiger charge is 2.32. The number of hydrogen-bond acceptors (Lipinski definition) is 5. The second kappa shape index (κ2) is 9.72. The topological polar surface area (TPSA) is 165 Å². The molecule has 2 rings (SSSR count). The number of benzene rings is 1. The molecule has 5 N–H and O–H groups in total. The molecule has 1 aliphatic rings. The minimum Gasteiger partial charge on any atom is -0.481 e. The number of carboxylic acids is 2. The molecule has 30 heavy (non-hydrogen) atoms. The number of aliphatic carboxylic acids is 2. The van der Waals surface area contributed by atoms with Crippen LogP contribution in [0, 0.1) is 5.92 Å². The molecule has 0 saturated heterocycles. The van der Waals surface area contributed by atoms with Gasteiger partial charge in [0.1, 0.15) is 18.6 Å². The summed E-state index contributed by atoms with van der Waals surface area (Å²) < 4.78 is 0. The Bertz CT molecular complexity index is 855. The minimum atomic E-state index is -1.64. The van der Waals surface area contributed by atoms with Crippen LogP contribution in [0.15, 0.2) is 24.3 Å². The molecule has 1 aromatic rings. The number of hydrogen-bond donors (Lipinski definition) is 5. The van der Waals surface area contributed by atoms with Gasteiger partial charge in [0, 0.05) is 0 Å². The van der Waals surface area contributed by atoms with E-state index in [9.17, 15) is 24.0 Å². The number of nitrogens with one attached hydrogen (secondary N) is 3. The Hall–Kier alpha value is -3.63. The van der Waals surface area contributed by atoms with Gasteiger partial charge in [-0.25, -0.2) is 9.59 Å². The standard InChI is InChI=1S/C19H24N4O7/c1-10(2)7-12(17(27)21-13(18(28)29)8-16(25)26)22-19(30)23-9-15(24)20-11-5-3-4-6-14(11)23/h3-6,10,12-13H,7-9H2,1-2H3,(H,20,24)(H,21,27)(H,22,30)(H,25,26)(H,28,29)/t12-,13-/m0/s1. The summed E-state index contributed by atoms with van der Waals surface area (Å²) in [7, 11) is 0. The van der Waals surface area contributed by atoms with E-state index in [4.69, 9.17) is 10.2 Å². The van der Waals surface area contributed by atoms with E-state index in [0.717, 1.165) is 0 Å². The van der Waals surface area contributed by atoms with Crippen LogP contribution in [-0.4, -0.2) is 58.6 Å². The number of anilines is 2. The van der Waals surface area contributed by atoms with Crippen LogP contribution in [0.2, 0.25) is 0 Å². The number of urea groups is 1. The number of fused-ring (bicyclic) bond motifs is 1. The SMILES string of the molecule is CC(C)C[C@H](NC(=O)N1CC(=O)Nc2ccccc21)C(=O)N[C@@H](CC(=O)O)C(=O)O. The van der Waals surface area contributed by atoms with Gasteiger partial charge in [-0.05, 0) is 24.5 Å². The van der Waals surface area contributed by atoms with E-state index in [1.165, 1.54) is 4.90 Å². The third kappa shape index (κ3) is 5.93. The zero-order valence-corrected chi connectivity index (χ0v) is 16.5. The van der Waals surface area contributed by atoms with Gasteiger partial charge in [-0.2, -0.15) is 0 Å². The predicted octanol–water partition coefficient (Wildman–Crippen LogP) is 0.614. The van der Waals surface area contributed by atoms with Crippen LogP contribution >= 0.6 is 0 Å². The van der Waals surface area contributed by atoms with E-state index >= 15 is 0 Å². The first-order valence-corrected chi connectivity index (χ1v) is 9.30. The van der Waals surface area contributed by atoms with Gasteiger partial charge in [0.2, 0.25) is 11.8 Å². The van der Waals surface area contributed by atoms with Gasteiger partial charge in [-0.1, -0.05) is 26.0 Å². The Morgan fingerprint density at radius 2 is 1.77 bits per heavy atom. The summed E-state index contributed by atoms with van der Waals surface area (Å²) in [6.07, 6.45) is -0.623. The summed E-state index contributed by atoms with van der Waals surface area (Å²) in [4.78, 5) is 60.7. The van der Waals surface area contributed by atoms with E-state index in [1.54, 1.807) is 24.3 Å². The van der Waals surface area contributed by atoms with Crippen molar-refractivity contribution >= 4 is 41.2 Å². The van der Waals surface area contributed by atoms with E-state index in [2.05, 4.69) is 16.0 Å². The number of amides is 4. The number of nitrogens with zero attached hydrogens (tertiary/aromatic N) is 1. The third-order valence-electron chi connectivity index (χ3n) is 4.33. The van der Waals surface area contributed by atoms with Crippen molar-refractivity contribution in [3.8, 4) is 0 Å². The van der Waals surface area contributed by atoms with Gasteiger partial charge < -0.3 is 26.2 Å². The zero-order chi connectivity index (χ0) is 22.4. The summed E-state index contributed by atoms with van der Waals surface area (Å²) >= 11 is 0. The van der Waals surface area contributed by atoms with E-state index < -0.39 is 48.3 Å². The van der Waals surface area contributed by atoms with Gasteiger partial charge in [0.05, 0.1) is 17.8 Å². The van der Waals surface area contributed by atoms with Crippen LogP contribution < -0.4 is 20.9 Å². The molecule has 0 aliphatic carbocycles. The van der Waals surface area contributed by atoms with E-state index in [-0.39, 0.29) is 18.9 Å². The smallest absolute Gasteiger partial charge is 0.326 e. The van der Waals surface area contributed by atoms with E-state index in [0.29, 0.717) is 11.4 Å². The lowest BCUT2D eigenvalue weighted by Gasteiger charge is -2.31. The monoisotopic (exact) mass is 420 g/mol. The van der Waals surface area contributed by atoms with Crippen LogP contribution in [0.5, 0.6) is 0 Å². The lowest BCUT2D eigenvalue weighted by molar-refractivity contribution is -0.147. The van der Waals surface area contributed by atoms with Crippen LogP contribution in [0.3, 0.4) is 0 Å². The van der Waals surface area contributed by atoms with Crippen molar-refractivity contribution in [2.75, 3.05) is 16.8 Å². The van der Waals surface area contributed by atoms with Gasteiger partial charge in [0.15, 0.2) is 0 Å². The Kier molecular flexibility index (Phi) is 7.34. The molecule has 1 aliphatic heterocycles. The molecule has 0 saturated carbocycles. The molecular formula is C19H24N4O7. The first kappa shape index (κ1) is 22.7. The Morgan fingerprint density at radius 3 is 2.37 bits per heavy atom. The van der Waals surface area contributed by atoms with Crippen LogP contribution in [0.4, 0.5) is 16.2 Å². The molecule has 2 atom stereocenters. The van der Waals surface area contributed by atoms with Crippen molar-refractivity contribution in [2.45, 2.75) is 38.8 Å². The lowest BCUT2D eigenvalue weighted by atomic mass is 10.0. The molecule has 0 aromatic heterocycles. The molecule has 0 unspecified atom stereocenters. The fraction of sp³-hybridized carbons (Fsp3) is 0.421. The van der Waals surface area contributed by atoms with Crippen molar-refractivity contribution < 1.29 is 34.2 Å². The molecule has 11 nitrogen and oxygen atoms in total. The van der Waals surface area contributed by atoms with Crippen LogP contribution in [-0.2, 0) is 19.2 Å². The summed E-state index contributed by atoms with van der Waals surface area (Å²) in [5, 5.41) is 25.3. The van der Waals surface area contributed by atoms with Crippen molar-refractivity contribution in [1.29, 1.82) is 0 Å². The minimum absolute atomic E-state index is 0.0410. The number of rotatable bonds is 8. The van der Waals surface area contributed by atoms with Crippen molar-refractivity contribution in [3.63, 3.8) is 0 Å². The van der Waals surface area contributed by atoms with Crippen molar-refractivity contribution in [3.05, 3.63) is 24.3 Å². The third-order valence-corrected chi connectivity index (χ3v) is 4.33. The lowest BCUT2D eigenvalue weighted by Crippen LogP contribution is -2.56. The molecular weight excluding hydrogens is 396 g/mol. The molecule has 4 amide bonds. The maximum absolute atomic E-state index is 12.8. The average molecular weight is 420 g/mol. The second-order valence-corrected chi connectivity index (χ2v) is 7.28. The first-order valence-electron chi connectivity index (χ1n) is 9.30. The summed E-state index contributed by atoms with van der Waals surface area (Å²) in [5.41, 5.74) is 0.897. The summed E-state index contributed by atoms with van der Waals surface area (Å²) in [6.45, 7) is 3.36. The van der Waals surface area contributed by atoms with Gasteiger partial charge in [0.25, 0.3) is 0 Å². The van der Waals surface area contributed by atoms with Crippen molar-refractivity contribution in [1.82, 2.24) is 10.6 Å². The molecule has 11 heteroatoms. The highest BCUT2D eigenvalue weighted by molar-refractivity contribution is 6.10. The maximum Gasteiger partial charge on any atom is 0.326 e. The maximum atomic E-state index is 12.8. The Labute approximate surface area is 172 Å². The van der Waals surface area contributed by atoms with Crippen LogP contribution in [0.1, 0.15) is 26.7 Å². The summed E-state index contributed by atoms with van der Waals surface area (Å²) in [6, 6.07) is 3.20. The number of carboxylic acid groups (broad SMARTS) is 2. The van der Waals surface area contributed by atoms with E-state index in [1.807, 2.05) is 13.8 Å². The molecule has 1 aromatic carbocycles. The number of carbonyl (C=O) groups excluding carboxylic acids is 3. The van der Waals surface area contributed by atoms with Gasteiger partial charge in [-0.15, -0.1) is 0 Å². The molecule has 162 valence electrons. The van der Waals surface area contributed by atoms with Gasteiger partial charge in [-0.3, -0.25) is 19.3 Å². The number of carbonyl (C=O) groups is 5. The fourth-order valence-electron chi connectivity index (χ4n) is 2.99. The highest BCUT2D eigenvalue weighted by Crippen LogP contribution is 2.28. The molecule has 1 heterocycles. The fourth-order valence-corrected chi connectivity index (χ4v) is 2.99. The second-order valence-electron chi connectivity index (χ2n) is 7.28. The molecule has 0 spiro atoms. The number of para-hydroxylation sites is 2. The normalized spacial score (nSPS) is 14.9. The summed E-state index contributed by atoms with van der Waals surface area (Å²) in [5.74, 6) is -4.15. The Morgan fingerprint density at radius 1 is 1.10 bits per heavy atom. The van der Waals surface area contributed by atoms with Crippen LogP contribution in [0.25, 0.3) is 0 Å². The largest absolute Gasteiger partial charge is 0.481 e. The predicted molar refractivity (Wildman–Crippen MR) is 106 cm³/mol. The molecule has 0 bridgehead atoms. The Balaban J connectivity index is 2.18.